The van der Waals surface area contributed by atoms with Gasteiger partial charge in [0.15, 0.2) is 5.13 Å². The maximum atomic E-state index is 4.98. The van der Waals surface area contributed by atoms with E-state index in [9.17, 15) is 0 Å². The second kappa shape index (κ2) is 6.63. The maximum Gasteiger partial charge on any atom is 0.185 e. The van der Waals surface area contributed by atoms with Gasteiger partial charge in [-0.1, -0.05) is 6.92 Å². The molecule has 1 aromatic heterocycles. The highest BCUT2D eigenvalue weighted by Crippen LogP contribution is 2.44. The molecule has 0 bridgehead atoms. The van der Waals surface area contributed by atoms with E-state index in [0.717, 1.165) is 25.6 Å². The van der Waals surface area contributed by atoms with Crippen LogP contribution in [0, 0.1) is 0 Å². The number of rotatable bonds is 7. The zero-order valence-electron chi connectivity index (χ0n) is 13.6. The summed E-state index contributed by atoms with van der Waals surface area (Å²) in [6.45, 7) is 6.53. The topological polar surface area (TPSA) is 31.4 Å². The molecule has 21 heavy (non-hydrogen) atoms. The Hall–Kier alpha value is -0.650. The Labute approximate surface area is 132 Å². The van der Waals surface area contributed by atoms with Crippen molar-refractivity contribution in [3.8, 4) is 0 Å². The molecule has 4 nitrogen and oxygen atoms in total. The quantitative estimate of drug-likeness (QED) is 0.839. The molecule has 1 aliphatic carbocycles. The van der Waals surface area contributed by atoms with E-state index in [1.807, 2.05) is 11.3 Å². The number of anilines is 1. The third-order valence-corrected chi connectivity index (χ3v) is 5.88. The van der Waals surface area contributed by atoms with Gasteiger partial charge >= 0.3 is 0 Å². The van der Waals surface area contributed by atoms with Gasteiger partial charge in [0.1, 0.15) is 0 Å². The van der Waals surface area contributed by atoms with Gasteiger partial charge in [0.2, 0.25) is 0 Å². The molecule has 0 radical (unpaired) electrons. The van der Waals surface area contributed by atoms with Gasteiger partial charge in [-0.2, -0.15) is 0 Å². The standard InChI is InChI=1S/C16H28N4S/c1-4-17-10-14-15(12-7-8-12)18-16(21-14)20(3)11-13-6-5-9-19(13)2/h12-13,17H,4-11H2,1-3H3. The molecule has 1 aromatic rings. The first-order valence-electron chi connectivity index (χ1n) is 8.30. The van der Waals surface area contributed by atoms with Gasteiger partial charge < -0.3 is 15.1 Å². The summed E-state index contributed by atoms with van der Waals surface area (Å²) in [5, 5.41) is 4.68. The van der Waals surface area contributed by atoms with Crippen LogP contribution in [-0.4, -0.2) is 49.7 Å². The van der Waals surface area contributed by atoms with Crippen LogP contribution in [0.3, 0.4) is 0 Å². The molecule has 0 aromatic carbocycles. The Kier molecular flexibility index (Phi) is 4.82. The minimum absolute atomic E-state index is 0.695. The molecule has 5 heteroatoms. The van der Waals surface area contributed by atoms with Crippen LogP contribution in [0.4, 0.5) is 5.13 Å². The van der Waals surface area contributed by atoms with Crippen LogP contribution in [0.2, 0.25) is 0 Å². The number of hydrogen-bond acceptors (Lipinski definition) is 5. The van der Waals surface area contributed by atoms with Crippen molar-refractivity contribution < 1.29 is 0 Å². The first-order valence-corrected chi connectivity index (χ1v) is 9.12. The summed E-state index contributed by atoms with van der Waals surface area (Å²) >= 11 is 1.89. The van der Waals surface area contributed by atoms with E-state index in [0.29, 0.717) is 6.04 Å². The molecule has 1 saturated heterocycles. The monoisotopic (exact) mass is 308 g/mol. The van der Waals surface area contributed by atoms with Crippen molar-refractivity contribution in [2.45, 2.75) is 51.1 Å². The summed E-state index contributed by atoms with van der Waals surface area (Å²) in [6, 6.07) is 0.695. The lowest BCUT2D eigenvalue weighted by molar-refractivity contribution is 0.314. The fraction of sp³-hybridized carbons (Fsp3) is 0.812. The van der Waals surface area contributed by atoms with Crippen LogP contribution in [-0.2, 0) is 6.54 Å². The van der Waals surface area contributed by atoms with E-state index in [4.69, 9.17) is 4.98 Å². The predicted molar refractivity (Wildman–Crippen MR) is 90.4 cm³/mol. The summed E-state index contributed by atoms with van der Waals surface area (Å²) in [6.07, 6.45) is 5.33. The number of nitrogens with zero attached hydrogens (tertiary/aromatic N) is 3. The summed E-state index contributed by atoms with van der Waals surface area (Å²) in [4.78, 5) is 11.3. The van der Waals surface area contributed by atoms with Crippen molar-refractivity contribution in [1.29, 1.82) is 0 Å². The predicted octanol–water partition coefficient (Wildman–Crippen LogP) is 2.66. The fourth-order valence-corrected chi connectivity index (χ4v) is 4.24. The molecular weight excluding hydrogens is 280 g/mol. The van der Waals surface area contributed by atoms with E-state index in [1.165, 1.54) is 47.9 Å². The maximum absolute atomic E-state index is 4.98. The summed E-state index contributed by atoms with van der Waals surface area (Å²) in [7, 11) is 4.46. The van der Waals surface area contributed by atoms with Gasteiger partial charge in [-0.15, -0.1) is 11.3 Å². The van der Waals surface area contributed by atoms with Crippen molar-refractivity contribution in [3.63, 3.8) is 0 Å². The van der Waals surface area contributed by atoms with Crippen LogP contribution >= 0.6 is 11.3 Å². The third-order valence-electron chi connectivity index (χ3n) is 4.70. The number of likely N-dealkylation sites (N-methyl/N-ethyl adjacent to an activating group) is 2. The zero-order chi connectivity index (χ0) is 14.8. The van der Waals surface area contributed by atoms with Crippen LogP contribution in [0.1, 0.15) is 49.1 Å². The second-order valence-electron chi connectivity index (χ2n) is 6.52. The van der Waals surface area contributed by atoms with Crippen LogP contribution in [0.5, 0.6) is 0 Å². The Morgan fingerprint density at radius 1 is 1.38 bits per heavy atom. The molecule has 1 saturated carbocycles. The van der Waals surface area contributed by atoms with Gasteiger partial charge in [-0.25, -0.2) is 4.98 Å². The van der Waals surface area contributed by atoms with Crippen molar-refractivity contribution in [2.24, 2.45) is 0 Å². The number of thiazole rings is 1. The Morgan fingerprint density at radius 3 is 2.81 bits per heavy atom. The lowest BCUT2D eigenvalue weighted by Gasteiger charge is -2.25. The highest BCUT2D eigenvalue weighted by molar-refractivity contribution is 7.15. The highest BCUT2D eigenvalue weighted by atomic mass is 32.1. The molecule has 1 aliphatic heterocycles. The van der Waals surface area contributed by atoms with E-state index < -0.39 is 0 Å². The third kappa shape index (κ3) is 3.58. The van der Waals surface area contributed by atoms with Crippen molar-refractivity contribution in [3.05, 3.63) is 10.6 Å². The Balaban J connectivity index is 1.68. The molecule has 1 N–H and O–H groups in total. The number of aromatic nitrogens is 1. The minimum atomic E-state index is 0.695. The SMILES string of the molecule is CCNCc1sc(N(C)CC2CCCN2C)nc1C1CC1. The highest BCUT2D eigenvalue weighted by Gasteiger charge is 2.30. The lowest BCUT2D eigenvalue weighted by atomic mass is 10.2. The molecule has 3 rings (SSSR count). The van der Waals surface area contributed by atoms with E-state index >= 15 is 0 Å². The Bertz CT molecular complexity index is 469. The molecular formula is C16H28N4S. The van der Waals surface area contributed by atoms with Gasteiger partial charge in [-0.05, 0) is 45.8 Å². The van der Waals surface area contributed by atoms with Gasteiger partial charge in [-0.3, -0.25) is 0 Å². The Morgan fingerprint density at radius 2 is 2.19 bits per heavy atom. The first-order chi connectivity index (χ1) is 10.2. The molecule has 2 aliphatic rings. The number of nitrogens with one attached hydrogen (secondary N) is 1. The number of hydrogen-bond donors (Lipinski definition) is 1. The van der Waals surface area contributed by atoms with Crippen molar-refractivity contribution in [2.75, 3.05) is 38.6 Å². The molecule has 2 heterocycles. The van der Waals surface area contributed by atoms with E-state index in [1.54, 1.807) is 0 Å². The fourth-order valence-electron chi connectivity index (χ4n) is 3.16. The molecule has 0 spiro atoms. The molecule has 1 atom stereocenters. The average molecular weight is 308 g/mol. The molecule has 118 valence electrons. The van der Waals surface area contributed by atoms with Crippen LogP contribution < -0.4 is 10.2 Å². The molecule has 0 amide bonds. The zero-order valence-corrected chi connectivity index (χ0v) is 14.4. The van der Waals surface area contributed by atoms with E-state index in [2.05, 4.69) is 36.1 Å². The average Bonchev–Trinajstić information content (AvgIpc) is 3.11. The summed E-state index contributed by atoms with van der Waals surface area (Å²) in [5.74, 6) is 0.742. The molecule has 2 fully saturated rings. The number of likely N-dealkylation sites (tertiary alicyclic amines) is 1. The van der Waals surface area contributed by atoms with Crippen molar-refractivity contribution >= 4 is 16.5 Å². The van der Waals surface area contributed by atoms with E-state index in [-0.39, 0.29) is 0 Å². The smallest absolute Gasteiger partial charge is 0.185 e. The van der Waals surface area contributed by atoms with Gasteiger partial charge in [0.05, 0.1) is 5.69 Å². The van der Waals surface area contributed by atoms with Crippen LogP contribution in [0.25, 0.3) is 0 Å². The normalized spacial score (nSPS) is 22.9. The minimum Gasteiger partial charge on any atom is -0.350 e. The van der Waals surface area contributed by atoms with Crippen LogP contribution in [0.15, 0.2) is 0 Å². The summed E-state index contributed by atoms with van der Waals surface area (Å²) in [5.41, 5.74) is 1.38. The summed E-state index contributed by atoms with van der Waals surface area (Å²) < 4.78 is 0. The molecule has 1 unspecified atom stereocenters. The lowest BCUT2D eigenvalue weighted by Crippen LogP contribution is -2.36. The van der Waals surface area contributed by atoms with Gasteiger partial charge in [0, 0.05) is 37.0 Å². The first kappa shape index (κ1) is 15.3. The van der Waals surface area contributed by atoms with Crippen molar-refractivity contribution in [1.82, 2.24) is 15.2 Å². The second-order valence-corrected chi connectivity index (χ2v) is 7.58. The van der Waals surface area contributed by atoms with Gasteiger partial charge in [0.25, 0.3) is 0 Å². The largest absolute Gasteiger partial charge is 0.350 e.